The molecule has 7 aromatic carbocycles. The number of rotatable bonds is 3. The molecule has 0 atom stereocenters. The van der Waals surface area contributed by atoms with Gasteiger partial charge in [-0.05, 0) is 72.1 Å². The van der Waals surface area contributed by atoms with Gasteiger partial charge >= 0.3 is 0 Å². The average molecular weight is 495 g/mol. The van der Waals surface area contributed by atoms with Gasteiger partial charge in [-0.1, -0.05) is 152 Å². The van der Waals surface area contributed by atoms with Crippen LogP contribution in [-0.4, -0.2) is 0 Å². The van der Waals surface area contributed by atoms with E-state index in [0.717, 1.165) is 0 Å². The summed E-state index contributed by atoms with van der Waals surface area (Å²) in [6.45, 7) is 0. The minimum Gasteiger partial charge on any atom is -0.0622 e. The van der Waals surface area contributed by atoms with Crippen LogP contribution in [0.3, 0.4) is 0 Å². The van der Waals surface area contributed by atoms with Crippen molar-refractivity contribution in [3.8, 4) is 22.3 Å². The number of benzene rings is 7. The molecule has 1 aliphatic rings. The molecule has 0 saturated carbocycles. The van der Waals surface area contributed by atoms with Crippen molar-refractivity contribution in [1.29, 1.82) is 0 Å². The van der Waals surface area contributed by atoms with Crippen LogP contribution in [0.4, 0.5) is 0 Å². The normalized spacial score (nSPS) is 13.3. The second kappa shape index (κ2) is 8.55. The van der Waals surface area contributed by atoms with Crippen molar-refractivity contribution < 1.29 is 0 Å². The molecule has 0 aromatic heterocycles. The van der Waals surface area contributed by atoms with Crippen molar-refractivity contribution in [2.24, 2.45) is 0 Å². The fourth-order valence-electron chi connectivity index (χ4n) is 6.91. The van der Waals surface area contributed by atoms with Gasteiger partial charge < -0.3 is 0 Å². The van der Waals surface area contributed by atoms with Crippen LogP contribution in [0, 0.1) is 0 Å². The molecule has 0 heteroatoms. The molecule has 8 rings (SSSR count). The van der Waals surface area contributed by atoms with Gasteiger partial charge in [-0.25, -0.2) is 0 Å². The van der Waals surface area contributed by atoms with Gasteiger partial charge in [0.15, 0.2) is 0 Å². The lowest BCUT2D eigenvalue weighted by Crippen LogP contribution is -2.28. The van der Waals surface area contributed by atoms with Crippen LogP contribution in [0.1, 0.15) is 22.3 Å². The van der Waals surface area contributed by atoms with Gasteiger partial charge in [-0.15, -0.1) is 0 Å². The highest BCUT2D eigenvalue weighted by Crippen LogP contribution is 2.58. The second-order valence-electron chi connectivity index (χ2n) is 10.5. The summed E-state index contributed by atoms with van der Waals surface area (Å²) in [6, 6.07) is 58.0. The Balaban J connectivity index is 1.49. The smallest absolute Gasteiger partial charge is 0.0622 e. The molecule has 7 aromatic rings. The molecular formula is C39H26. The Morgan fingerprint density at radius 2 is 0.949 bits per heavy atom. The first kappa shape index (κ1) is 22.1. The summed E-state index contributed by atoms with van der Waals surface area (Å²) in [5, 5.41) is 5.18. The molecule has 0 saturated heterocycles. The Labute approximate surface area is 228 Å². The fraction of sp³-hybridized carbons (Fsp3) is 0.0256. The summed E-state index contributed by atoms with van der Waals surface area (Å²) in [5.41, 5.74) is 10.1. The summed E-state index contributed by atoms with van der Waals surface area (Å²) in [5.74, 6) is 0. The van der Waals surface area contributed by atoms with Gasteiger partial charge in [-0.2, -0.15) is 0 Å². The Morgan fingerprint density at radius 3 is 1.67 bits per heavy atom. The molecule has 0 N–H and O–H groups in total. The van der Waals surface area contributed by atoms with E-state index in [-0.39, 0.29) is 0 Å². The largest absolute Gasteiger partial charge is 0.0719 e. The number of hydrogen-bond donors (Lipinski definition) is 0. The van der Waals surface area contributed by atoms with Crippen LogP contribution in [0.25, 0.3) is 43.8 Å². The highest BCUT2D eigenvalue weighted by atomic mass is 14.5. The van der Waals surface area contributed by atoms with Gasteiger partial charge in [0.25, 0.3) is 0 Å². The summed E-state index contributed by atoms with van der Waals surface area (Å²) in [7, 11) is 0. The van der Waals surface area contributed by atoms with Gasteiger partial charge in [0.2, 0.25) is 0 Å². The van der Waals surface area contributed by atoms with Crippen molar-refractivity contribution >= 4 is 21.5 Å². The monoisotopic (exact) mass is 494 g/mol. The fourth-order valence-corrected chi connectivity index (χ4v) is 6.91. The predicted molar refractivity (Wildman–Crippen MR) is 164 cm³/mol. The average Bonchev–Trinajstić information content (AvgIpc) is 3.33. The molecule has 0 heterocycles. The van der Waals surface area contributed by atoms with E-state index >= 15 is 0 Å². The van der Waals surface area contributed by atoms with E-state index < -0.39 is 5.41 Å². The van der Waals surface area contributed by atoms with Crippen LogP contribution in [0.5, 0.6) is 0 Å². The first-order chi connectivity index (χ1) is 19.4. The highest BCUT2D eigenvalue weighted by molar-refractivity contribution is 6.12. The molecule has 0 spiro atoms. The SMILES string of the molecule is c1ccc(-c2ccc3c(ccc4c5c(ccc43)-c3ccccc3C5(c3ccccc3)c3ccccc3)c2)cc1. The zero-order valence-electron chi connectivity index (χ0n) is 21.5. The Hall–Kier alpha value is -4.94. The summed E-state index contributed by atoms with van der Waals surface area (Å²) in [4.78, 5) is 0. The minimum absolute atomic E-state index is 0.397. The van der Waals surface area contributed by atoms with Gasteiger partial charge in [0.05, 0.1) is 5.41 Å². The Kier molecular flexibility index (Phi) is 4.84. The molecule has 0 amide bonds. The lowest BCUT2D eigenvalue weighted by atomic mass is 9.66. The molecule has 0 radical (unpaired) electrons. The van der Waals surface area contributed by atoms with Crippen LogP contribution < -0.4 is 0 Å². The third-order valence-corrected chi connectivity index (χ3v) is 8.53. The molecule has 0 unspecified atom stereocenters. The second-order valence-corrected chi connectivity index (χ2v) is 10.5. The lowest BCUT2D eigenvalue weighted by molar-refractivity contribution is 0.775. The zero-order valence-corrected chi connectivity index (χ0v) is 21.5. The zero-order chi connectivity index (χ0) is 25.8. The summed E-state index contributed by atoms with van der Waals surface area (Å²) >= 11 is 0. The number of fused-ring (bicyclic) bond motifs is 7. The summed E-state index contributed by atoms with van der Waals surface area (Å²) in [6.07, 6.45) is 0. The Bertz CT molecular complexity index is 1940. The third-order valence-electron chi connectivity index (χ3n) is 8.53. The molecule has 0 fully saturated rings. The minimum atomic E-state index is -0.397. The van der Waals surface area contributed by atoms with E-state index in [1.807, 2.05) is 0 Å². The van der Waals surface area contributed by atoms with Crippen molar-refractivity contribution in [3.05, 3.63) is 180 Å². The van der Waals surface area contributed by atoms with E-state index in [9.17, 15) is 0 Å². The van der Waals surface area contributed by atoms with Gasteiger partial charge in [-0.3, -0.25) is 0 Å². The maximum atomic E-state index is 2.36. The highest BCUT2D eigenvalue weighted by Gasteiger charge is 2.46. The van der Waals surface area contributed by atoms with E-state index in [2.05, 4.69) is 158 Å². The van der Waals surface area contributed by atoms with Crippen molar-refractivity contribution in [3.63, 3.8) is 0 Å². The number of hydrogen-bond acceptors (Lipinski definition) is 0. The van der Waals surface area contributed by atoms with Gasteiger partial charge in [0.1, 0.15) is 0 Å². The van der Waals surface area contributed by atoms with E-state index in [1.54, 1.807) is 0 Å². The first-order valence-electron chi connectivity index (χ1n) is 13.6. The molecule has 0 aliphatic heterocycles. The Morgan fingerprint density at radius 1 is 0.359 bits per heavy atom. The molecule has 39 heavy (non-hydrogen) atoms. The first-order valence-corrected chi connectivity index (χ1v) is 13.6. The maximum Gasteiger partial charge on any atom is 0.0719 e. The lowest BCUT2D eigenvalue weighted by Gasteiger charge is -2.34. The molecule has 182 valence electrons. The van der Waals surface area contributed by atoms with Crippen molar-refractivity contribution in [1.82, 2.24) is 0 Å². The topological polar surface area (TPSA) is 0 Å². The quantitative estimate of drug-likeness (QED) is 0.214. The molecule has 0 bridgehead atoms. The summed E-state index contributed by atoms with van der Waals surface area (Å²) < 4.78 is 0. The third kappa shape index (κ3) is 3.12. The molecular weight excluding hydrogens is 468 g/mol. The molecule has 0 nitrogen and oxygen atoms in total. The van der Waals surface area contributed by atoms with Crippen molar-refractivity contribution in [2.75, 3.05) is 0 Å². The van der Waals surface area contributed by atoms with Crippen molar-refractivity contribution in [2.45, 2.75) is 5.41 Å². The van der Waals surface area contributed by atoms with Crippen LogP contribution >= 0.6 is 0 Å². The van der Waals surface area contributed by atoms with E-state index in [1.165, 1.54) is 66.1 Å². The van der Waals surface area contributed by atoms with Crippen LogP contribution in [0.2, 0.25) is 0 Å². The predicted octanol–water partition coefficient (Wildman–Crippen LogP) is 10.0. The van der Waals surface area contributed by atoms with E-state index in [4.69, 9.17) is 0 Å². The standard InChI is InChI=1S/C39H26/c1-4-12-27(13-5-1)28-20-22-32-29(26-28)21-23-35-33(32)24-25-36-34-18-10-11-19-37(34)39(38(35)36,30-14-6-2-7-15-30)31-16-8-3-9-17-31/h1-26H. The van der Waals surface area contributed by atoms with E-state index in [0.29, 0.717) is 0 Å². The van der Waals surface area contributed by atoms with Gasteiger partial charge in [0, 0.05) is 0 Å². The van der Waals surface area contributed by atoms with Crippen LogP contribution in [0.15, 0.2) is 158 Å². The molecule has 1 aliphatic carbocycles. The van der Waals surface area contributed by atoms with Crippen LogP contribution in [-0.2, 0) is 5.41 Å². The maximum absolute atomic E-state index is 2.36.